The molecule has 0 aliphatic carbocycles. The Morgan fingerprint density at radius 3 is 2.60 bits per heavy atom. The lowest BCUT2D eigenvalue weighted by Gasteiger charge is -2.32. The van der Waals surface area contributed by atoms with Gasteiger partial charge in [0.25, 0.3) is 5.91 Å². The molecular weight excluding hydrogens is 376 g/mol. The van der Waals surface area contributed by atoms with E-state index < -0.39 is 0 Å². The maximum absolute atomic E-state index is 12.5. The smallest absolute Gasteiger partial charge is 0.251 e. The first-order valence-corrected chi connectivity index (χ1v) is 9.65. The molecule has 2 aromatic rings. The van der Waals surface area contributed by atoms with Gasteiger partial charge >= 0.3 is 0 Å². The molecular formula is C21H25BrN2O. The largest absolute Gasteiger partial charge is 0.349 e. The summed E-state index contributed by atoms with van der Waals surface area (Å²) in [6.07, 6.45) is 2.01. The summed E-state index contributed by atoms with van der Waals surface area (Å²) >= 11 is 3.44. The van der Waals surface area contributed by atoms with Crippen LogP contribution in [-0.2, 0) is 6.54 Å². The highest BCUT2D eigenvalue weighted by molar-refractivity contribution is 9.10. The summed E-state index contributed by atoms with van der Waals surface area (Å²) in [7, 11) is 0. The first kappa shape index (κ1) is 18.2. The Bertz CT molecular complexity index is 751. The van der Waals surface area contributed by atoms with Crippen LogP contribution in [0.25, 0.3) is 0 Å². The normalized spacial score (nSPS) is 16.0. The predicted octanol–water partition coefficient (Wildman–Crippen LogP) is 4.46. The molecule has 0 spiro atoms. The Kier molecular flexibility index (Phi) is 5.92. The van der Waals surface area contributed by atoms with Crippen molar-refractivity contribution >= 4 is 21.8 Å². The molecule has 1 heterocycles. The number of halogens is 1. The molecule has 1 aliphatic heterocycles. The zero-order chi connectivity index (χ0) is 17.8. The lowest BCUT2D eigenvalue weighted by Crippen LogP contribution is -2.44. The van der Waals surface area contributed by atoms with E-state index in [2.05, 4.69) is 57.3 Å². The van der Waals surface area contributed by atoms with E-state index in [0.717, 1.165) is 48.1 Å². The van der Waals surface area contributed by atoms with Crippen LogP contribution in [0.5, 0.6) is 0 Å². The van der Waals surface area contributed by atoms with Crippen LogP contribution in [0.1, 0.15) is 39.9 Å². The number of rotatable bonds is 4. The summed E-state index contributed by atoms with van der Waals surface area (Å²) in [5.41, 5.74) is 4.45. The van der Waals surface area contributed by atoms with Crippen LogP contribution >= 0.6 is 15.9 Å². The van der Waals surface area contributed by atoms with E-state index in [1.807, 2.05) is 25.1 Å². The molecule has 1 saturated heterocycles. The monoisotopic (exact) mass is 400 g/mol. The Morgan fingerprint density at radius 2 is 1.92 bits per heavy atom. The molecule has 3 nitrogen and oxygen atoms in total. The van der Waals surface area contributed by atoms with Crippen molar-refractivity contribution in [2.45, 2.75) is 39.3 Å². The van der Waals surface area contributed by atoms with E-state index in [0.29, 0.717) is 0 Å². The second-order valence-corrected chi connectivity index (χ2v) is 7.89. The minimum Gasteiger partial charge on any atom is -0.349 e. The number of amides is 1. The van der Waals surface area contributed by atoms with Crippen molar-refractivity contribution in [1.82, 2.24) is 10.2 Å². The van der Waals surface area contributed by atoms with Gasteiger partial charge in [-0.25, -0.2) is 0 Å². The zero-order valence-electron chi connectivity index (χ0n) is 14.9. The van der Waals surface area contributed by atoms with Gasteiger partial charge in [0.2, 0.25) is 0 Å². The molecule has 0 atom stereocenters. The Hall–Kier alpha value is -1.65. The maximum atomic E-state index is 12.5. The van der Waals surface area contributed by atoms with Crippen LogP contribution in [0, 0.1) is 13.8 Å². The lowest BCUT2D eigenvalue weighted by atomic mass is 10.0. The minimum atomic E-state index is 0.0436. The fourth-order valence-corrected chi connectivity index (χ4v) is 3.92. The highest BCUT2D eigenvalue weighted by Crippen LogP contribution is 2.18. The minimum absolute atomic E-state index is 0.0436. The maximum Gasteiger partial charge on any atom is 0.251 e. The van der Waals surface area contributed by atoms with Gasteiger partial charge in [-0.15, -0.1) is 0 Å². The first-order chi connectivity index (χ1) is 12.0. The fraction of sp³-hybridized carbons (Fsp3) is 0.381. The standard InChI is InChI=1S/C21H25BrN2O/c1-15-4-3-5-17(12-15)14-24-10-8-19(9-11-24)23-21(25)20-7-6-18(22)13-16(20)2/h3-7,12-13,19H,8-11,14H2,1-2H3,(H,23,25). The van der Waals surface area contributed by atoms with Crippen LogP contribution in [-0.4, -0.2) is 29.9 Å². The van der Waals surface area contributed by atoms with Gasteiger partial charge in [-0.1, -0.05) is 45.8 Å². The van der Waals surface area contributed by atoms with Gasteiger partial charge in [0.15, 0.2) is 0 Å². The van der Waals surface area contributed by atoms with Crippen molar-refractivity contribution < 1.29 is 4.79 Å². The number of hydrogen-bond acceptors (Lipinski definition) is 2. The fourth-order valence-electron chi connectivity index (χ4n) is 3.45. The van der Waals surface area contributed by atoms with Crippen molar-refractivity contribution in [1.29, 1.82) is 0 Å². The number of nitrogens with zero attached hydrogens (tertiary/aromatic N) is 1. The van der Waals surface area contributed by atoms with Crippen molar-refractivity contribution in [3.8, 4) is 0 Å². The molecule has 1 N–H and O–H groups in total. The summed E-state index contributed by atoms with van der Waals surface area (Å²) in [4.78, 5) is 15.0. The average molecular weight is 401 g/mol. The number of carbonyl (C=O) groups is 1. The summed E-state index contributed by atoms with van der Waals surface area (Å²) in [6.45, 7) is 7.16. The summed E-state index contributed by atoms with van der Waals surface area (Å²) in [5.74, 6) is 0.0436. The summed E-state index contributed by atoms with van der Waals surface area (Å²) in [6, 6.07) is 14.8. The number of benzene rings is 2. The van der Waals surface area contributed by atoms with Crippen LogP contribution in [0.3, 0.4) is 0 Å². The average Bonchev–Trinajstić information content (AvgIpc) is 2.56. The third kappa shape index (κ3) is 4.93. The Morgan fingerprint density at radius 1 is 1.16 bits per heavy atom. The molecule has 4 heteroatoms. The van der Waals surface area contributed by atoms with E-state index in [9.17, 15) is 4.79 Å². The Labute approximate surface area is 158 Å². The molecule has 132 valence electrons. The molecule has 0 bridgehead atoms. The number of carbonyl (C=O) groups excluding carboxylic acids is 1. The molecule has 1 amide bonds. The molecule has 0 aromatic heterocycles. The van der Waals surface area contributed by atoms with Gasteiger partial charge in [-0.05, 0) is 56.0 Å². The quantitative estimate of drug-likeness (QED) is 0.821. The van der Waals surface area contributed by atoms with Crippen LogP contribution in [0.15, 0.2) is 46.9 Å². The van der Waals surface area contributed by atoms with Crippen molar-refractivity contribution in [3.05, 3.63) is 69.2 Å². The summed E-state index contributed by atoms with van der Waals surface area (Å²) in [5, 5.41) is 3.21. The lowest BCUT2D eigenvalue weighted by molar-refractivity contribution is 0.0908. The van der Waals surface area contributed by atoms with Crippen molar-refractivity contribution in [2.24, 2.45) is 0 Å². The van der Waals surface area contributed by atoms with Gasteiger partial charge in [-0.3, -0.25) is 9.69 Å². The number of piperidine rings is 1. The van der Waals surface area contributed by atoms with Crippen molar-refractivity contribution in [3.63, 3.8) is 0 Å². The van der Waals surface area contributed by atoms with Crippen LogP contribution in [0.2, 0.25) is 0 Å². The van der Waals surface area contributed by atoms with Gasteiger partial charge in [-0.2, -0.15) is 0 Å². The molecule has 0 radical (unpaired) electrons. The number of likely N-dealkylation sites (tertiary alicyclic amines) is 1. The van der Waals surface area contributed by atoms with Gasteiger partial charge < -0.3 is 5.32 Å². The zero-order valence-corrected chi connectivity index (χ0v) is 16.5. The molecule has 0 saturated carbocycles. The van der Waals surface area contributed by atoms with Gasteiger partial charge in [0, 0.05) is 35.7 Å². The second-order valence-electron chi connectivity index (χ2n) is 6.97. The SMILES string of the molecule is Cc1cccc(CN2CCC(NC(=O)c3ccc(Br)cc3C)CC2)c1. The third-order valence-electron chi connectivity index (χ3n) is 4.84. The molecule has 2 aromatic carbocycles. The Balaban J connectivity index is 1.51. The molecule has 1 aliphatic rings. The van der Waals surface area contributed by atoms with Gasteiger partial charge in [0.1, 0.15) is 0 Å². The molecule has 0 unspecified atom stereocenters. The molecule has 1 fully saturated rings. The number of hydrogen-bond donors (Lipinski definition) is 1. The van der Waals surface area contributed by atoms with Crippen molar-refractivity contribution in [2.75, 3.05) is 13.1 Å². The molecule has 3 rings (SSSR count). The van der Waals surface area contributed by atoms with E-state index in [1.54, 1.807) is 0 Å². The summed E-state index contributed by atoms with van der Waals surface area (Å²) < 4.78 is 1.01. The van der Waals surface area contributed by atoms with Crippen LogP contribution in [0.4, 0.5) is 0 Å². The third-order valence-corrected chi connectivity index (χ3v) is 5.34. The van der Waals surface area contributed by atoms with E-state index >= 15 is 0 Å². The topological polar surface area (TPSA) is 32.3 Å². The van der Waals surface area contributed by atoms with Gasteiger partial charge in [0.05, 0.1) is 0 Å². The first-order valence-electron chi connectivity index (χ1n) is 8.86. The number of aryl methyl sites for hydroxylation is 2. The highest BCUT2D eigenvalue weighted by Gasteiger charge is 2.21. The second kappa shape index (κ2) is 8.15. The van der Waals surface area contributed by atoms with Crippen LogP contribution < -0.4 is 5.32 Å². The predicted molar refractivity (Wildman–Crippen MR) is 106 cm³/mol. The van der Waals surface area contributed by atoms with E-state index in [-0.39, 0.29) is 11.9 Å². The number of nitrogens with one attached hydrogen (secondary N) is 1. The molecule has 25 heavy (non-hydrogen) atoms. The van der Waals surface area contributed by atoms with E-state index in [1.165, 1.54) is 11.1 Å². The highest BCUT2D eigenvalue weighted by atomic mass is 79.9. The van der Waals surface area contributed by atoms with E-state index in [4.69, 9.17) is 0 Å².